The first-order valence-electron chi connectivity index (χ1n) is 6.85. The predicted octanol–water partition coefficient (Wildman–Crippen LogP) is 2.79. The lowest BCUT2D eigenvalue weighted by atomic mass is 10.2. The highest BCUT2D eigenvalue weighted by molar-refractivity contribution is 7.90. The van der Waals surface area contributed by atoms with Gasteiger partial charge in [-0.15, -0.1) is 10.2 Å². The van der Waals surface area contributed by atoms with E-state index in [0.717, 1.165) is 17.5 Å². The van der Waals surface area contributed by atoms with Crippen molar-refractivity contribution < 1.29 is 12.8 Å². The van der Waals surface area contributed by atoms with Crippen molar-refractivity contribution in [1.29, 1.82) is 0 Å². The molecule has 0 saturated heterocycles. The Morgan fingerprint density at radius 3 is 2.13 bits per heavy atom. The Bertz CT molecular complexity index is 946. The van der Waals surface area contributed by atoms with Crippen LogP contribution in [0.5, 0.6) is 0 Å². The molecule has 2 aromatic carbocycles. The van der Waals surface area contributed by atoms with Crippen molar-refractivity contribution >= 4 is 9.84 Å². The maximum Gasteiger partial charge on any atom is 0.175 e. The van der Waals surface area contributed by atoms with Gasteiger partial charge in [0.1, 0.15) is 11.6 Å². The SMILES string of the molecule is Cc1nnc(-c2ccc(S(C)(=O)=O)cc2)n1-c1ccc(F)cc1. The topological polar surface area (TPSA) is 64.8 Å². The molecule has 0 aliphatic heterocycles. The molecular weight excluding hydrogens is 317 g/mol. The second kappa shape index (κ2) is 5.58. The lowest BCUT2D eigenvalue weighted by molar-refractivity contribution is 0.602. The molecule has 0 bridgehead atoms. The molecule has 1 aromatic heterocycles. The van der Waals surface area contributed by atoms with E-state index in [9.17, 15) is 12.8 Å². The molecule has 7 heteroatoms. The van der Waals surface area contributed by atoms with Crippen LogP contribution >= 0.6 is 0 Å². The van der Waals surface area contributed by atoms with E-state index in [-0.39, 0.29) is 10.7 Å². The average molecular weight is 331 g/mol. The fraction of sp³-hybridized carbons (Fsp3) is 0.125. The third-order valence-electron chi connectivity index (χ3n) is 3.45. The molecule has 3 rings (SSSR count). The summed E-state index contributed by atoms with van der Waals surface area (Å²) in [5, 5.41) is 8.21. The van der Waals surface area contributed by atoms with E-state index in [1.807, 2.05) is 0 Å². The van der Waals surface area contributed by atoms with E-state index >= 15 is 0 Å². The number of nitrogens with zero attached hydrogens (tertiary/aromatic N) is 3. The van der Waals surface area contributed by atoms with Crippen LogP contribution < -0.4 is 0 Å². The molecule has 3 aromatic rings. The van der Waals surface area contributed by atoms with Crippen molar-refractivity contribution in [2.45, 2.75) is 11.8 Å². The summed E-state index contributed by atoms with van der Waals surface area (Å²) in [7, 11) is -3.25. The van der Waals surface area contributed by atoms with E-state index in [1.54, 1.807) is 35.8 Å². The van der Waals surface area contributed by atoms with Gasteiger partial charge in [-0.05, 0) is 55.5 Å². The number of aryl methyl sites for hydroxylation is 1. The van der Waals surface area contributed by atoms with Crippen LogP contribution in [0.25, 0.3) is 17.1 Å². The van der Waals surface area contributed by atoms with Gasteiger partial charge in [0.2, 0.25) is 0 Å². The van der Waals surface area contributed by atoms with Crippen molar-refractivity contribution in [3.05, 3.63) is 60.2 Å². The third-order valence-corrected chi connectivity index (χ3v) is 4.58. The van der Waals surface area contributed by atoms with Gasteiger partial charge in [-0.3, -0.25) is 4.57 Å². The van der Waals surface area contributed by atoms with Gasteiger partial charge < -0.3 is 0 Å². The van der Waals surface area contributed by atoms with Crippen LogP contribution in [0.4, 0.5) is 4.39 Å². The zero-order valence-electron chi connectivity index (χ0n) is 12.6. The van der Waals surface area contributed by atoms with Crippen LogP contribution in [0.15, 0.2) is 53.4 Å². The number of sulfone groups is 1. The Hall–Kier alpha value is -2.54. The van der Waals surface area contributed by atoms with Crippen molar-refractivity contribution in [2.24, 2.45) is 0 Å². The minimum Gasteiger partial charge on any atom is -0.279 e. The molecule has 23 heavy (non-hydrogen) atoms. The lowest BCUT2D eigenvalue weighted by Crippen LogP contribution is -2.01. The molecule has 118 valence electrons. The summed E-state index contributed by atoms with van der Waals surface area (Å²) in [6.07, 6.45) is 1.16. The second-order valence-electron chi connectivity index (χ2n) is 5.18. The Morgan fingerprint density at radius 1 is 0.957 bits per heavy atom. The van der Waals surface area contributed by atoms with E-state index in [0.29, 0.717) is 11.6 Å². The fourth-order valence-electron chi connectivity index (χ4n) is 2.30. The van der Waals surface area contributed by atoms with Crippen LogP contribution in [-0.4, -0.2) is 29.4 Å². The smallest absolute Gasteiger partial charge is 0.175 e. The quantitative estimate of drug-likeness (QED) is 0.740. The molecule has 0 aliphatic rings. The first-order valence-corrected chi connectivity index (χ1v) is 8.74. The normalized spacial score (nSPS) is 11.6. The number of hydrogen-bond acceptors (Lipinski definition) is 4. The molecular formula is C16H14FN3O2S. The zero-order chi connectivity index (χ0) is 16.6. The highest BCUT2D eigenvalue weighted by Crippen LogP contribution is 2.24. The Morgan fingerprint density at radius 2 is 1.57 bits per heavy atom. The summed E-state index contributed by atoms with van der Waals surface area (Å²) >= 11 is 0. The van der Waals surface area contributed by atoms with Crippen LogP contribution in [-0.2, 0) is 9.84 Å². The molecule has 0 atom stereocenters. The molecule has 0 fully saturated rings. The minimum absolute atomic E-state index is 0.241. The molecule has 0 amide bonds. The van der Waals surface area contributed by atoms with Crippen molar-refractivity contribution in [3.8, 4) is 17.1 Å². The van der Waals surface area contributed by atoms with Gasteiger partial charge in [-0.2, -0.15) is 0 Å². The zero-order valence-corrected chi connectivity index (χ0v) is 13.4. The van der Waals surface area contributed by atoms with E-state index in [4.69, 9.17) is 0 Å². The Balaban J connectivity index is 2.10. The molecule has 5 nitrogen and oxygen atoms in total. The second-order valence-corrected chi connectivity index (χ2v) is 7.19. The van der Waals surface area contributed by atoms with Crippen molar-refractivity contribution in [2.75, 3.05) is 6.26 Å². The summed E-state index contributed by atoms with van der Waals surface area (Å²) < 4.78 is 38.0. The average Bonchev–Trinajstić information content (AvgIpc) is 2.89. The van der Waals surface area contributed by atoms with Gasteiger partial charge in [0.05, 0.1) is 4.90 Å². The van der Waals surface area contributed by atoms with Gasteiger partial charge in [0, 0.05) is 17.5 Å². The van der Waals surface area contributed by atoms with Gasteiger partial charge in [0.15, 0.2) is 15.7 Å². The van der Waals surface area contributed by atoms with Crippen LogP contribution in [0.3, 0.4) is 0 Å². The van der Waals surface area contributed by atoms with Gasteiger partial charge in [-0.25, -0.2) is 12.8 Å². The first kappa shape index (κ1) is 15.4. The van der Waals surface area contributed by atoms with Gasteiger partial charge in [0.25, 0.3) is 0 Å². The Labute approximate surface area is 133 Å². The molecule has 0 radical (unpaired) electrons. The maximum atomic E-state index is 13.1. The Kier molecular flexibility index (Phi) is 3.73. The number of hydrogen-bond donors (Lipinski definition) is 0. The van der Waals surface area contributed by atoms with E-state index in [2.05, 4.69) is 10.2 Å². The number of benzene rings is 2. The van der Waals surface area contributed by atoms with Crippen LogP contribution in [0.1, 0.15) is 5.82 Å². The third kappa shape index (κ3) is 3.00. The summed E-state index contributed by atoms with van der Waals surface area (Å²) in [6, 6.07) is 12.4. The largest absolute Gasteiger partial charge is 0.279 e. The lowest BCUT2D eigenvalue weighted by Gasteiger charge is -2.09. The highest BCUT2D eigenvalue weighted by atomic mass is 32.2. The van der Waals surface area contributed by atoms with Crippen molar-refractivity contribution in [3.63, 3.8) is 0 Å². The van der Waals surface area contributed by atoms with E-state index in [1.165, 1.54) is 24.3 Å². The van der Waals surface area contributed by atoms with Gasteiger partial charge in [-0.1, -0.05) is 0 Å². The standard InChI is InChI=1S/C16H14FN3O2S/c1-11-18-19-16(20(11)14-7-5-13(17)6-8-14)12-3-9-15(10-4-12)23(2,21)22/h3-10H,1-2H3. The molecule has 1 heterocycles. The summed E-state index contributed by atoms with van der Waals surface area (Å²) in [4.78, 5) is 0.241. The molecule has 0 N–H and O–H groups in total. The van der Waals surface area contributed by atoms with Gasteiger partial charge >= 0.3 is 0 Å². The first-order chi connectivity index (χ1) is 10.9. The van der Waals surface area contributed by atoms with Crippen LogP contribution in [0.2, 0.25) is 0 Å². The highest BCUT2D eigenvalue weighted by Gasteiger charge is 2.14. The minimum atomic E-state index is -3.25. The number of aromatic nitrogens is 3. The van der Waals surface area contributed by atoms with Crippen LogP contribution in [0, 0.1) is 12.7 Å². The molecule has 0 unspecified atom stereocenters. The summed E-state index contributed by atoms with van der Waals surface area (Å²) in [6.45, 7) is 1.80. The predicted molar refractivity (Wildman–Crippen MR) is 84.6 cm³/mol. The van der Waals surface area contributed by atoms with Crippen molar-refractivity contribution in [1.82, 2.24) is 14.8 Å². The summed E-state index contributed by atoms with van der Waals surface area (Å²) in [5.74, 6) is 0.895. The fourth-order valence-corrected chi connectivity index (χ4v) is 2.93. The van der Waals surface area contributed by atoms with E-state index < -0.39 is 9.84 Å². The number of halogens is 1. The maximum absolute atomic E-state index is 13.1. The molecule has 0 aliphatic carbocycles. The monoisotopic (exact) mass is 331 g/mol. The molecule has 0 spiro atoms. The molecule has 0 saturated carbocycles. The summed E-state index contributed by atoms with van der Waals surface area (Å²) in [5.41, 5.74) is 1.46. The number of rotatable bonds is 3.